The van der Waals surface area contributed by atoms with Gasteiger partial charge in [0.15, 0.2) is 0 Å². The molecule has 2 nitrogen and oxygen atoms in total. The summed E-state index contributed by atoms with van der Waals surface area (Å²) in [7, 11) is 0. The topological polar surface area (TPSA) is 24.9 Å². The minimum Gasteiger partial charge on any atom is -0.378 e. The van der Waals surface area contributed by atoms with E-state index in [1.165, 1.54) is 12.1 Å². The maximum absolute atomic E-state index is 12.8. The Hall–Kier alpha value is -1.61. The summed E-state index contributed by atoms with van der Waals surface area (Å²) in [6.07, 6.45) is 0. The molecule has 0 saturated carbocycles. The molecule has 0 bridgehead atoms. The predicted octanol–water partition coefficient (Wildman–Crippen LogP) is 3.79. The van der Waals surface area contributed by atoms with Gasteiger partial charge in [-0.3, -0.25) is 4.98 Å². The van der Waals surface area contributed by atoms with E-state index in [4.69, 9.17) is 11.6 Å². The molecule has 1 aromatic heterocycles. The molecule has 1 heterocycles. The zero-order chi connectivity index (χ0) is 12.3. The fraction of sp³-hybridized carbons (Fsp3) is 0.154. The first-order valence-electron chi connectivity index (χ1n) is 5.26. The molecule has 0 aliphatic heterocycles. The van der Waals surface area contributed by atoms with Crippen molar-refractivity contribution in [3.05, 3.63) is 58.6 Å². The zero-order valence-electron chi connectivity index (χ0n) is 9.37. The van der Waals surface area contributed by atoms with Crippen LogP contribution in [-0.4, -0.2) is 4.98 Å². The number of rotatable bonds is 3. The van der Waals surface area contributed by atoms with Gasteiger partial charge in [0.05, 0.1) is 22.9 Å². The summed E-state index contributed by atoms with van der Waals surface area (Å²) in [4.78, 5) is 4.36. The van der Waals surface area contributed by atoms with Gasteiger partial charge in [-0.2, -0.15) is 0 Å². The summed E-state index contributed by atoms with van der Waals surface area (Å²) in [6, 6.07) is 10.1. The molecule has 1 aromatic carbocycles. The number of halogens is 2. The Kier molecular flexibility index (Phi) is 3.59. The fourth-order valence-corrected chi connectivity index (χ4v) is 1.75. The van der Waals surface area contributed by atoms with Gasteiger partial charge in [0.25, 0.3) is 0 Å². The Morgan fingerprint density at radius 1 is 1.29 bits per heavy atom. The van der Waals surface area contributed by atoms with E-state index in [-0.39, 0.29) is 5.82 Å². The first kappa shape index (κ1) is 11.9. The molecule has 2 rings (SSSR count). The highest BCUT2D eigenvalue weighted by molar-refractivity contribution is 6.33. The maximum Gasteiger partial charge on any atom is 0.124 e. The van der Waals surface area contributed by atoms with Gasteiger partial charge in [0.2, 0.25) is 0 Å². The molecule has 4 heteroatoms. The van der Waals surface area contributed by atoms with E-state index in [1.807, 2.05) is 25.1 Å². The summed E-state index contributed by atoms with van der Waals surface area (Å²) >= 11 is 5.90. The molecule has 2 aromatic rings. The molecule has 0 saturated heterocycles. The maximum atomic E-state index is 12.8. The van der Waals surface area contributed by atoms with Crippen LogP contribution >= 0.6 is 11.6 Å². The Labute approximate surface area is 104 Å². The van der Waals surface area contributed by atoms with E-state index in [0.717, 1.165) is 11.4 Å². The highest BCUT2D eigenvalue weighted by Crippen LogP contribution is 2.22. The Balaban J connectivity index is 2.07. The number of anilines is 1. The van der Waals surface area contributed by atoms with Gasteiger partial charge in [-0.25, -0.2) is 4.39 Å². The molecule has 17 heavy (non-hydrogen) atoms. The smallest absolute Gasteiger partial charge is 0.124 e. The van der Waals surface area contributed by atoms with Crippen LogP contribution in [0.5, 0.6) is 0 Å². The average molecular weight is 251 g/mol. The van der Waals surface area contributed by atoms with E-state index in [2.05, 4.69) is 10.3 Å². The van der Waals surface area contributed by atoms with Crippen molar-refractivity contribution in [2.45, 2.75) is 13.5 Å². The average Bonchev–Trinajstić information content (AvgIpc) is 2.28. The molecule has 0 fully saturated rings. The number of nitrogens with zero attached hydrogens (tertiary/aromatic N) is 1. The van der Waals surface area contributed by atoms with Crippen molar-refractivity contribution in [3.63, 3.8) is 0 Å². The van der Waals surface area contributed by atoms with Crippen molar-refractivity contribution in [1.82, 2.24) is 4.98 Å². The van der Waals surface area contributed by atoms with E-state index < -0.39 is 0 Å². The van der Waals surface area contributed by atoms with Crippen LogP contribution in [0.3, 0.4) is 0 Å². The standard InChI is InChI=1S/C13H12ClFN2/c1-9-3-2-4-11(17-9)8-16-13-6-5-10(15)7-12(13)14/h2-7,16H,8H2,1H3. The van der Waals surface area contributed by atoms with Crippen molar-refractivity contribution in [2.24, 2.45) is 0 Å². The lowest BCUT2D eigenvalue weighted by Gasteiger charge is -2.08. The lowest BCUT2D eigenvalue weighted by Crippen LogP contribution is -2.02. The Bertz CT molecular complexity index is 529. The minimum atomic E-state index is -0.339. The van der Waals surface area contributed by atoms with Crippen LogP contribution < -0.4 is 5.32 Å². The Morgan fingerprint density at radius 2 is 2.12 bits per heavy atom. The fourth-order valence-electron chi connectivity index (χ4n) is 1.52. The molecule has 0 radical (unpaired) electrons. The molecular weight excluding hydrogens is 239 g/mol. The van der Waals surface area contributed by atoms with Crippen molar-refractivity contribution in [1.29, 1.82) is 0 Å². The van der Waals surface area contributed by atoms with Crippen molar-refractivity contribution in [2.75, 3.05) is 5.32 Å². The van der Waals surface area contributed by atoms with Gasteiger partial charge in [-0.15, -0.1) is 0 Å². The monoisotopic (exact) mass is 250 g/mol. The second-order valence-electron chi connectivity index (χ2n) is 3.75. The molecule has 0 spiro atoms. The second-order valence-corrected chi connectivity index (χ2v) is 4.16. The van der Waals surface area contributed by atoms with Crippen LogP contribution in [0, 0.1) is 12.7 Å². The SMILES string of the molecule is Cc1cccc(CNc2ccc(F)cc2Cl)n1. The number of pyridine rings is 1. The van der Waals surface area contributed by atoms with Crippen molar-refractivity contribution >= 4 is 17.3 Å². The number of nitrogens with one attached hydrogen (secondary N) is 1. The van der Waals surface area contributed by atoms with Crippen LogP contribution in [0.15, 0.2) is 36.4 Å². The van der Waals surface area contributed by atoms with Crippen LogP contribution in [0.2, 0.25) is 5.02 Å². The van der Waals surface area contributed by atoms with E-state index in [0.29, 0.717) is 17.3 Å². The van der Waals surface area contributed by atoms with Crippen LogP contribution in [0.25, 0.3) is 0 Å². The highest BCUT2D eigenvalue weighted by Gasteiger charge is 2.02. The third-order valence-electron chi connectivity index (χ3n) is 2.34. The molecular formula is C13H12ClFN2. The first-order chi connectivity index (χ1) is 8.15. The van der Waals surface area contributed by atoms with E-state index in [1.54, 1.807) is 6.07 Å². The molecule has 0 aliphatic rings. The normalized spacial score (nSPS) is 10.3. The summed E-state index contributed by atoms with van der Waals surface area (Å²) in [5, 5.41) is 3.50. The van der Waals surface area contributed by atoms with E-state index >= 15 is 0 Å². The van der Waals surface area contributed by atoms with Crippen LogP contribution in [-0.2, 0) is 6.54 Å². The van der Waals surface area contributed by atoms with E-state index in [9.17, 15) is 4.39 Å². The number of aromatic nitrogens is 1. The van der Waals surface area contributed by atoms with Gasteiger partial charge in [0.1, 0.15) is 5.82 Å². The zero-order valence-corrected chi connectivity index (χ0v) is 10.1. The molecule has 88 valence electrons. The Morgan fingerprint density at radius 3 is 2.82 bits per heavy atom. The predicted molar refractivity (Wildman–Crippen MR) is 67.7 cm³/mol. The quantitative estimate of drug-likeness (QED) is 0.896. The molecule has 0 amide bonds. The van der Waals surface area contributed by atoms with Crippen LogP contribution in [0.1, 0.15) is 11.4 Å². The lowest BCUT2D eigenvalue weighted by atomic mass is 10.3. The lowest BCUT2D eigenvalue weighted by molar-refractivity contribution is 0.628. The van der Waals surface area contributed by atoms with Crippen molar-refractivity contribution < 1.29 is 4.39 Å². The van der Waals surface area contributed by atoms with Crippen molar-refractivity contribution in [3.8, 4) is 0 Å². The third-order valence-corrected chi connectivity index (χ3v) is 2.65. The number of benzene rings is 1. The van der Waals surface area contributed by atoms with Gasteiger partial charge in [0, 0.05) is 5.69 Å². The number of aryl methyl sites for hydroxylation is 1. The third kappa shape index (κ3) is 3.17. The first-order valence-corrected chi connectivity index (χ1v) is 5.64. The number of hydrogen-bond acceptors (Lipinski definition) is 2. The number of hydrogen-bond donors (Lipinski definition) is 1. The van der Waals surface area contributed by atoms with Gasteiger partial charge in [-0.1, -0.05) is 17.7 Å². The molecule has 0 atom stereocenters. The van der Waals surface area contributed by atoms with Gasteiger partial charge >= 0.3 is 0 Å². The highest BCUT2D eigenvalue weighted by atomic mass is 35.5. The van der Waals surface area contributed by atoms with Gasteiger partial charge in [-0.05, 0) is 37.3 Å². The molecule has 0 unspecified atom stereocenters. The summed E-state index contributed by atoms with van der Waals surface area (Å²) in [5.74, 6) is -0.339. The minimum absolute atomic E-state index is 0.339. The molecule has 1 N–H and O–H groups in total. The summed E-state index contributed by atoms with van der Waals surface area (Å²) in [5.41, 5.74) is 2.59. The summed E-state index contributed by atoms with van der Waals surface area (Å²) < 4.78 is 12.8. The van der Waals surface area contributed by atoms with Crippen LogP contribution in [0.4, 0.5) is 10.1 Å². The summed E-state index contributed by atoms with van der Waals surface area (Å²) in [6.45, 7) is 2.50. The largest absolute Gasteiger partial charge is 0.378 e. The second kappa shape index (κ2) is 5.15. The van der Waals surface area contributed by atoms with Gasteiger partial charge < -0.3 is 5.32 Å². The molecule has 0 aliphatic carbocycles.